The normalized spacial score (nSPS) is 31.5. The lowest BCUT2D eigenvalue weighted by atomic mass is 9.82. The smallest absolute Gasteiger partial charge is 0.240 e. The summed E-state index contributed by atoms with van der Waals surface area (Å²) in [6.45, 7) is 0.866. The molecule has 1 atom stereocenters. The largest absolute Gasteiger partial charge is 0.381 e. The van der Waals surface area contributed by atoms with Gasteiger partial charge < -0.3 is 15.4 Å². The minimum absolute atomic E-state index is 0.149. The fourth-order valence-electron chi connectivity index (χ4n) is 2.68. The minimum atomic E-state index is -0.300. The molecule has 1 aliphatic carbocycles. The molecule has 0 unspecified atom stereocenters. The minimum Gasteiger partial charge on any atom is -0.381 e. The van der Waals surface area contributed by atoms with Gasteiger partial charge in [0.05, 0.1) is 18.0 Å². The van der Waals surface area contributed by atoms with Crippen LogP contribution in [0, 0.1) is 5.92 Å². The highest BCUT2D eigenvalue weighted by Crippen LogP contribution is 2.29. The summed E-state index contributed by atoms with van der Waals surface area (Å²) in [5.41, 5.74) is 6.12. The number of carbonyl (C=O) groups excluding carboxylic acids is 1. The quantitative estimate of drug-likeness (QED) is 0.822. The monoisotopic (exact) mass is 258 g/mol. The van der Waals surface area contributed by atoms with E-state index in [0.29, 0.717) is 12.0 Å². The number of ether oxygens (including phenoxy) is 1. The van der Waals surface area contributed by atoms with E-state index in [2.05, 4.69) is 0 Å². The standard InChI is InChI=1S/C12H22N2O2S/c1-16-10-4-2-9(3-5-10)11(13)12(15)14-6-7-17-8-14/h9-11H,2-8,13H2,1H3/t9-,10-,11-/m0/s1. The number of rotatable bonds is 3. The zero-order valence-corrected chi connectivity index (χ0v) is 11.2. The average molecular weight is 258 g/mol. The summed E-state index contributed by atoms with van der Waals surface area (Å²) in [4.78, 5) is 14.1. The van der Waals surface area contributed by atoms with Gasteiger partial charge in [0.1, 0.15) is 0 Å². The molecule has 2 N–H and O–H groups in total. The second kappa shape index (κ2) is 6.07. The summed E-state index contributed by atoms with van der Waals surface area (Å²) < 4.78 is 5.34. The van der Waals surface area contributed by atoms with E-state index in [9.17, 15) is 4.79 Å². The molecule has 0 bridgehead atoms. The van der Waals surface area contributed by atoms with E-state index < -0.39 is 0 Å². The zero-order chi connectivity index (χ0) is 12.3. The Balaban J connectivity index is 1.83. The molecular weight excluding hydrogens is 236 g/mol. The number of carbonyl (C=O) groups is 1. The van der Waals surface area contributed by atoms with Crippen molar-refractivity contribution < 1.29 is 9.53 Å². The van der Waals surface area contributed by atoms with Crippen LogP contribution in [-0.2, 0) is 9.53 Å². The Morgan fingerprint density at radius 3 is 2.65 bits per heavy atom. The molecule has 0 aromatic heterocycles. The van der Waals surface area contributed by atoms with Crippen molar-refractivity contribution in [2.24, 2.45) is 11.7 Å². The lowest BCUT2D eigenvalue weighted by Crippen LogP contribution is -2.48. The highest BCUT2D eigenvalue weighted by Gasteiger charge is 2.32. The van der Waals surface area contributed by atoms with Crippen LogP contribution >= 0.6 is 11.8 Å². The maximum atomic E-state index is 12.2. The van der Waals surface area contributed by atoms with Gasteiger partial charge in [-0.25, -0.2) is 0 Å². The van der Waals surface area contributed by atoms with Gasteiger partial charge in [-0.1, -0.05) is 0 Å². The summed E-state index contributed by atoms with van der Waals surface area (Å²) in [5.74, 6) is 2.37. The van der Waals surface area contributed by atoms with Crippen molar-refractivity contribution in [1.29, 1.82) is 0 Å². The van der Waals surface area contributed by atoms with Crippen molar-refractivity contribution in [3.05, 3.63) is 0 Å². The Morgan fingerprint density at radius 1 is 1.41 bits per heavy atom. The molecule has 1 amide bonds. The molecule has 2 rings (SSSR count). The second-order valence-electron chi connectivity index (χ2n) is 4.94. The van der Waals surface area contributed by atoms with E-state index >= 15 is 0 Å². The summed E-state index contributed by atoms with van der Waals surface area (Å²) in [6, 6.07) is -0.300. The molecule has 2 fully saturated rings. The van der Waals surface area contributed by atoms with Crippen LogP contribution in [0.5, 0.6) is 0 Å². The highest BCUT2D eigenvalue weighted by molar-refractivity contribution is 7.99. The van der Waals surface area contributed by atoms with Crippen LogP contribution in [0.3, 0.4) is 0 Å². The predicted octanol–water partition coefficient (Wildman–Crippen LogP) is 1.05. The Hall–Kier alpha value is -0.260. The molecule has 1 aliphatic heterocycles. The molecule has 1 saturated heterocycles. The molecule has 17 heavy (non-hydrogen) atoms. The lowest BCUT2D eigenvalue weighted by Gasteiger charge is -2.32. The van der Waals surface area contributed by atoms with Crippen LogP contribution in [-0.4, -0.2) is 48.2 Å². The van der Waals surface area contributed by atoms with Crippen LogP contribution in [0.15, 0.2) is 0 Å². The highest BCUT2D eigenvalue weighted by atomic mass is 32.2. The van der Waals surface area contributed by atoms with E-state index in [0.717, 1.165) is 43.9 Å². The number of nitrogens with two attached hydrogens (primary N) is 1. The molecule has 0 spiro atoms. The maximum absolute atomic E-state index is 12.2. The molecule has 2 aliphatic rings. The lowest BCUT2D eigenvalue weighted by molar-refractivity contribution is -0.132. The van der Waals surface area contributed by atoms with Gasteiger partial charge in [0, 0.05) is 19.4 Å². The molecular formula is C12H22N2O2S. The first-order chi connectivity index (χ1) is 8.22. The van der Waals surface area contributed by atoms with E-state index in [1.807, 2.05) is 16.7 Å². The molecule has 0 aromatic rings. The van der Waals surface area contributed by atoms with Crippen molar-refractivity contribution in [1.82, 2.24) is 4.90 Å². The van der Waals surface area contributed by atoms with Gasteiger partial charge in [0.25, 0.3) is 0 Å². The van der Waals surface area contributed by atoms with Crippen LogP contribution in [0.4, 0.5) is 0 Å². The molecule has 98 valence electrons. The molecule has 1 heterocycles. The number of hydrogen-bond donors (Lipinski definition) is 1. The van der Waals surface area contributed by atoms with E-state index in [1.54, 1.807) is 7.11 Å². The topological polar surface area (TPSA) is 55.6 Å². The summed E-state index contributed by atoms with van der Waals surface area (Å²) in [5, 5.41) is 0. The number of nitrogens with zero attached hydrogens (tertiary/aromatic N) is 1. The van der Waals surface area contributed by atoms with Gasteiger partial charge in [-0.2, -0.15) is 0 Å². The fourth-order valence-corrected chi connectivity index (χ4v) is 3.64. The summed E-state index contributed by atoms with van der Waals surface area (Å²) >= 11 is 1.81. The average Bonchev–Trinajstić information content (AvgIpc) is 2.91. The number of hydrogen-bond acceptors (Lipinski definition) is 4. The third kappa shape index (κ3) is 3.14. The Morgan fingerprint density at radius 2 is 2.12 bits per heavy atom. The van der Waals surface area contributed by atoms with Gasteiger partial charge in [0.2, 0.25) is 5.91 Å². The number of thioether (sulfide) groups is 1. The van der Waals surface area contributed by atoms with Crippen LogP contribution < -0.4 is 5.73 Å². The predicted molar refractivity (Wildman–Crippen MR) is 69.8 cm³/mol. The van der Waals surface area contributed by atoms with Crippen molar-refractivity contribution in [3.63, 3.8) is 0 Å². The molecule has 0 aromatic carbocycles. The molecule has 1 saturated carbocycles. The Bertz CT molecular complexity index is 261. The first-order valence-electron chi connectivity index (χ1n) is 6.37. The van der Waals surface area contributed by atoms with E-state index in [4.69, 9.17) is 10.5 Å². The molecule has 5 heteroatoms. The van der Waals surface area contributed by atoms with Crippen molar-refractivity contribution in [3.8, 4) is 0 Å². The zero-order valence-electron chi connectivity index (χ0n) is 10.4. The first kappa shape index (κ1) is 13.2. The number of amides is 1. The van der Waals surface area contributed by atoms with Gasteiger partial charge in [-0.05, 0) is 31.6 Å². The maximum Gasteiger partial charge on any atom is 0.240 e. The fraction of sp³-hybridized carbons (Fsp3) is 0.917. The third-order valence-electron chi connectivity index (χ3n) is 3.91. The second-order valence-corrected chi connectivity index (χ2v) is 6.01. The van der Waals surface area contributed by atoms with Crippen LogP contribution in [0.25, 0.3) is 0 Å². The molecule has 4 nitrogen and oxygen atoms in total. The van der Waals surface area contributed by atoms with Gasteiger partial charge in [-0.15, -0.1) is 11.8 Å². The third-order valence-corrected chi connectivity index (χ3v) is 4.88. The summed E-state index contributed by atoms with van der Waals surface area (Å²) in [7, 11) is 1.76. The summed E-state index contributed by atoms with van der Waals surface area (Å²) in [6.07, 6.45) is 4.49. The molecule has 0 radical (unpaired) electrons. The van der Waals surface area contributed by atoms with E-state index in [1.165, 1.54) is 0 Å². The van der Waals surface area contributed by atoms with Crippen molar-refractivity contribution >= 4 is 17.7 Å². The Labute approximate surface area is 107 Å². The first-order valence-corrected chi connectivity index (χ1v) is 7.52. The van der Waals surface area contributed by atoms with Gasteiger partial charge >= 0.3 is 0 Å². The van der Waals surface area contributed by atoms with Crippen LogP contribution in [0.1, 0.15) is 25.7 Å². The van der Waals surface area contributed by atoms with E-state index in [-0.39, 0.29) is 11.9 Å². The van der Waals surface area contributed by atoms with Crippen molar-refractivity contribution in [2.75, 3.05) is 25.3 Å². The Kier molecular flexibility index (Phi) is 4.70. The SMILES string of the molecule is CO[C@H]1CC[C@H]([C@H](N)C(=O)N2CCSC2)CC1. The van der Waals surface area contributed by atoms with Gasteiger partial charge in [-0.3, -0.25) is 4.79 Å². The van der Waals surface area contributed by atoms with Gasteiger partial charge in [0.15, 0.2) is 0 Å². The van der Waals surface area contributed by atoms with Crippen molar-refractivity contribution in [2.45, 2.75) is 37.8 Å². The number of methoxy groups -OCH3 is 1. The van der Waals surface area contributed by atoms with Crippen LogP contribution in [0.2, 0.25) is 0 Å².